The van der Waals surface area contributed by atoms with Crippen molar-refractivity contribution < 1.29 is 18.7 Å². The molecule has 2 aromatic carbocycles. The number of likely N-dealkylation sites (tertiary alicyclic amines) is 1. The highest BCUT2D eigenvalue weighted by Gasteiger charge is 2.23. The van der Waals surface area contributed by atoms with Gasteiger partial charge in [0, 0.05) is 49.8 Å². The Hall–Kier alpha value is -2.92. The minimum absolute atomic E-state index is 0.0872. The quantitative estimate of drug-likeness (QED) is 0.252. The monoisotopic (exact) mass is 567 g/mol. The molecule has 0 saturated carbocycles. The highest BCUT2D eigenvalue weighted by atomic mass is 32.1. The lowest BCUT2D eigenvalue weighted by Crippen LogP contribution is -2.36. The zero-order valence-corrected chi connectivity index (χ0v) is 23.3. The fourth-order valence-corrected chi connectivity index (χ4v) is 7.04. The molecule has 0 unspecified atom stereocenters. The minimum atomic E-state index is -0.677. The van der Waals surface area contributed by atoms with E-state index in [1.165, 1.54) is 11.3 Å². The lowest BCUT2D eigenvalue weighted by Gasteiger charge is -2.28. The number of aliphatic hydroxyl groups excluding tert-OH is 1. The molecule has 0 radical (unpaired) electrons. The fraction of sp³-hybridized carbons (Fsp3) is 0.467. The molecule has 0 bridgehead atoms. The van der Waals surface area contributed by atoms with Crippen LogP contribution in [0.1, 0.15) is 59.8 Å². The van der Waals surface area contributed by atoms with Crippen molar-refractivity contribution in [3.63, 3.8) is 0 Å². The maximum Gasteiger partial charge on any atom is 0.251 e. The van der Waals surface area contributed by atoms with Gasteiger partial charge in [0.25, 0.3) is 5.91 Å². The Kier molecular flexibility index (Phi) is 8.11. The molecule has 4 aromatic rings. The third kappa shape index (κ3) is 5.50. The Bertz CT molecular complexity index is 1510. The van der Waals surface area contributed by atoms with Gasteiger partial charge in [0.05, 0.1) is 21.6 Å². The summed E-state index contributed by atoms with van der Waals surface area (Å²) in [6.07, 6.45) is 3.75. The van der Waals surface area contributed by atoms with Crippen molar-refractivity contribution >= 4 is 32.4 Å². The normalized spacial score (nSPS) is 18.7. The standard InChI is InChI=1S/C30H35F2N5O2S/c31-21-8-14-36(15-9-21)13-2-12-34-29(39)20-5-7-25-27(18-20)40-30-35-28(26(10-16-38)37(25)30)22-6-4-19(17-23(22)32)24-3-1-11-33-24/h4-7,17-18,21,24,33,38H,1-3,8-16H2,(H,34,39)/t24-/m1/s1. The number of carbonyl (C=O) groups excluding carboxylic acids is 1. The van der Waals surface area contributed by atoms with Crippen molar-refractivity contribution in [2.24, 2.45) is 0 Å². The molecule has 0 spiro atoms. The summed E-state index contributed by atoms with van der Waals surface area (Å²) in [6.45, 7) is 3.83. The van der Waals surface area contributed by atoms with Crippen LogP contribution in [0.4, 0.5) is 8.78 Å². The molecule has 3 N–H and O–H groups in total. The highest BCUT2D eigenvalue weighted by Crippen LogP contribution is 2.36. The van der Waals surface area contributed by atoms with E-state index in [4.69, 9.17) is 4.98 Å². The first-order valence-corrected chi connectivity index (χ1v) is 15.1. The second-order valence-electron chi connectivity index (χ2n) is 10.8. The van der Waals surface area contributed by atoms with Gasteiger partial charge in [-0.15, -0.1) is 0 Å². The zero-order chi connectivity index (χ0) is 27.6. The Morgan fingerprint density at radius 1 is 1.18 bits per heavy atom. The van der Waals surface area contributed by atoms with Crippen LogP contribution in [0.2, 0.25) is 0 Å². The number of hydrogen-bond donors (Lipinski definition) is 3. The summed E-state index contributed by atoms with van der Waals surface area (Å²) in [7, 11) is 0. The van der Waals surface area contributed by atoms with Gasteiger partial charge in [-0.3, -0.25) is 9.20 Å². The summed E-state index contributed by atoms with van der Waals surface area (Å²) in [5, 5.41) is 16.2. The summed E-state index contributed by atoms with van der Waals surface area (Å²) < 4.78 is 31.5. The van der Waals surface area contributed by atoms with Gasteiger partial charge in [0.1, 0.15) is 12.0 Å². The average molecular weight is 568 g/mol. The van der Waals surface area contributed by atoms with E-state index < -0.39 is 6.17 Å². The summed E-state index contributed by atoms with van der Waals surface area (Å²) in [5.74, 6) is -0.447. The van der Waals surface area contributed by atoms with Crippen LogP contribution >= 0.6 is 11.3 Å². The predicted octanol–water partition coefficient (Wildman–Crippen LogP) is 4.87. The molecular weight excluding hydrogens is 532 g/mol. The van der Waals surface area contributed by atoms with Crippen molar-refractivity contribution in [3.05, 3.63) is 59.0 Å². The van der Waals surface area contributed by atoms with Gasteiger partial charge in [-0.25, -0.2) is 13.8 Å². The van der Waals surface area contributed by atoms with E-state index in [1.807, 2.05) is 22.6 Å². The number of thiazole rings is 1. The number of alkyl halides is 1. The number of benzene rings is 2. The van der Waals surface area contributed by atoms with E-state index in [2.05, 4.69) is 15.5 Å². The summed E-state index contributed by atoms with van der Waals surface area (Å²) >= 11 is 1.45. The molecule has 2 aliphatic heterocycles. The molecule has 1 atom stereocenters. The number of aromatic nitrogens is 2. The molecular formula is C30H35F2N5O2S. The molecule has 2 aliphatic rings. The van der Waals surface area contributed by atoms with Crippen LogP contribution in [0.25, 0.3) is 26.4 Å². The molecule has 2 aromatic heterocycles. The second kappa shape index (κ2) is 11.9. The lowest BCUT2D eigenvalue weighted by molar-refractivity contribution is 0.0950. The first kappa shape index (κ1) is 27.3. The molecule has 1 amide bonds. The Morgan fingerprint density at radius 2 is 2.02 bits per heavy atom. The van der Waals surface area contributed by atoms with E-state index in [0.717, 1.165) is 66.9 Å². The first-order valence-electron chi connectivity index (χ1n) is 14.2. The number of piperidine rings is 1. The van der Waals surface area contributed by atoms with E-state index in [-0.39, 0.29) is 24.4 Å². The maximum absolute atomic E-state index is 15.4. The molecule has 212 valence electrons. The Labute approximate surface area is 236 Å². The van der Waals surface area contributed by atoms with Crippen molar-refractivity contribution in [2.45, 2.75) is 50.7 Å². The SMILES string of the molecule is O=C(NCCCN1CCC(F)CC1)c1ccc2c(c1)sc1nc(-c3ccc([C@H]4CCCN4)cc3F)c(CCO)n12. The molecule has 4 heterocycles. The molecule has 40 heavy (non-hydrogen) atoms. The Balaban J connectivity index is 1.20. The van der Waals surface area contributed by atoms with Crippen molar-refractivity contribution in [3.8, 4) is 11.3 Å². The van der Waals surface area contributed by atoms with Gasteiger partial charge in [-0.1, -0.05) is 17.4 Å². The number of rotatable bonds is 9. The number of nitrogens with zero attached hydrogens (tertiary/aromatic N) is 3. The van der Waals surface area contributed by atoms with Gasteiger partial charge < -0.3 is 20.6 Å². The number of amides is 1. The molecule has 0 aliphatic carbocycles. The number of nitrogens with one attached hydrogen (secondary N) is 2. The van der Waals surface area contributed by atoms with Crippen LogP contribution < -0.4 is 10.6 Å². The number of imidazole rings is 1. The second-order valence-corrected chi connectivity index (χ2v) is 11.8. The molecule has 7 nitrogen and oxygen atoms in total. The average Bonchev–Trinajstić information content (AvgIpc) is 3.69. The summed E-state index contributed by atoms with van der Waals surface area (Å²) in [5.41, 5.74) is 4.12. The van der Waals surface area contributed by atoms with Crippen molar-refractivity contribution in [1.29, 1.82) is 0 Å². The molecule has 2 saturated heterocycles. The topological polar surface area (TPSA) is 81.9 Å². The van der Waals surface area contributed by atoms with Crippen molar-refractivity contribution in [2.75, 3.05) is 39.3 Å². The number of hydrogen-bond acceptors (Lipinski definition) is 6. The largest absolute Gasteiger partial charge is 0.396 e. The maximum atomic E-state index is 15.4. The van der Waals surface area contributed by atoms with E-state index in [1.54, 1.807) is 18.2 Å². The lowest BCUT2D eigenvalue weighted by atomic mass is 10.0. The van der Waals surface area contributed by atoms with E-state index in [9.17, 15) is 14.3 Å². The van der Waals surface area contributed by atoms with Gasteiger partial charge in [0.2, 0.25) is 0 Å². The summed E-state index contributed by atoms with van der Waals surface area (Å²) in [4.78, 5) is 20.6. The molecule has 6 rings (SSSR count). The van der Waals surface area contributed by atoms with Gasteiger partial charge in [-0.2, -0.15) is 0 Å². The third-order valence-corrected chi connectivity index (χ3v) is 9.12. The Morgan fingerprint density at radius 3 is 2.77 bits per heavy atom. The number of aliphatic hydroxyl groups is 1. The fourth-order valence-electron chi connectivity index (χ4n) is 5.96. The number of carbonyl (C=O) groups is 1. The van der Waals surface area contributed by atoms with Crippen LogP contribution in [0.15, 0.2) is 36.4 Å². The van der Waals surface area contributed by atoms with Crippen LogP contribution in [0.3, 0.4) is 0 Å². The summed E-state index contributed by atoms with van der Waals surface area (Å²) in [6, 6.07) is 11.1. The smallest absolute Gasteiger partial charge is 0.251 e. The van der Waals surface area contributed by atoms with Gasteiger partial charge in [-0.05, 0) is 81.1 Å². The van der Waals surface area contributed by atoms with Crippen LogP contribution in [-0.4, -0.2) is 70.8 Å². The highest BCUT2D eigenvalue weighted by molar-refractivity contribution is 7.23. The first-order chi connectivity index (χ1) is 19.5. The molecule has 10 heteroatoms. The van der Waals surface area contributed by atoms with E-state index in [0.29, 0.717) is 47.6 Å². The third-order valence-electron chi connectivity index (χ3n) is 8.12. The van der Waals surface area contributed by atoms with Gasteiger partial charge in [0.15, 0.2) is 4.96 Å². The number of halogens is 2. The van der Waals surface area contributed by atoms with Crippen LogP contribution in [-0.2, 0) is 6.42 Å². The van der Waals surface area contributed by atoms with Crippen molar-refractivity contribution in [1.82, 2.24) is 24.9 Å². The van der Waals surface area contributed by atoms with Crippen LogP contribution in [0, 0.1) is 5.82 Å². The number of fused-ring (bicyclic) bond motifs is 3. The zero-order valence-electron chi connectivity index (χ0n) is 22.5. The van der Waals surface area contributed by atoms with Gasteiger partial charge >= 0.3 is 0 Å². The predicted molar refractivity (Wildman–Crippen MR) is 154 cm³/mol. The van der Waals surface area contributed by atoms with E-state index >= 15 is 4.39 Å². The molecule has 2 fully saturated rings. The minimum Gasteiger partial charge on any atom is -0.396 e. The van der Waals surface area contributed by atoms with Crippen LogP contribution in [0.5, 0.6) is 0 Å².